The molecular weight excluding hydrogens is 264 g/mol. The molecule has 4 heteroatoms. The number of amides is 1. The molecule has 0 radical (unpaired) electrons. The number of para-hydroxylation sites is 2. The molecule has 0 aromatic heterocycles. The van der Waals surface area contributed by atoms with E-state index < -0.39 is 8.24 Å². The fourth-order valence-corrected chi connectivity index (χ4v) is 5.31. The summed E-state index contributed by atoms with van der Waals surface area (Å²) in [4.78, 5) is 12.4. The van der Waals surface area contributed by atoms with E-state index in [1.807, 2.05) is 12.1 Å². The van der Waals surface area contributed by atoms with Crippen LogP contribution in [0.4, 0.5) is 11.4 Å². The standard InChI is InChI=1S/C16H26N2OSi/c1-7-13-15(19)17-12-10-8-9-11-14(12)18(13)20(5,6)16(2,3)4/h8-11,13H,7H2,1-6H3,(H,17,19). The lowest BCUT2D eigenvalue weighted by molar-refractivity contribution is -0.117. The summed E-state index contributed by atoms with van der Waals surface area (Å²) in [7, 11) is -1.81. The van der Waals surface area contributed by atoms with E-state index in [-0.39, 0.29) is 17.0 Å². The van der Waals surface area contributed by atoms with Crippen LogP contribution in [0, 0.1) is 0 Å². The number of carbonyl (C=O) groups is 1. The zero-order valence-electron chi connectivity index (χ0n) is 13.4. The molecule has 3 nitrogen and oxygen atoms in total. The van der Waals surface area contributed by atoms with Crippen molar-refractivity contribution in [2.75, 3.05) is 9.88 Å². The van der Waals surface area contributed by atoms with Crippen LogP contribution in [0.5, 0.6) is 0 Å². The summed E-state index contributed by atoms with van der Waals surface area (Å²) in [6.45, 7) is 13.7. The SMILES string of the molecule is CCC1C(=O)Nc2ccccc2N1[Si](C)(C)C(C)(C)C. The summed E-state index contributed by atoms with van der Waals surface area (Å²) in [5.74, 6) is 0.135. The van der Waals surface area contributed by atoms with Crippen molar-refractivity contribution in [2.45, 2.75) is 58.3 Å². The smallest absolute Gasteiger partial charge is 0.246 e. The highest BCUT2D eigenvalue weighted by molar-refractivity contribution is 6.84. The fraction of sp³-hybridized carbons (Fsp3) is 0.562. The Morgan fingerprint density at radius 3 is 2.40 bits per heavy atom. The number of nitrogens with one attached hydrogen (secondary N) is 1. The Labute approximate surface area is 123 Å². The second kappa shape index (κ2) is 4.92. The quantitative estimate of drug-likeness (QED) is 0.827. The van der Waals surface area contributed by atoms with Gasteiger partial charge in [-0.3, -0.25) is 4.79 Å². The first-order valence-corrected chi connectivity index (χ1v) is 10.3. The average Bonchev–Trinajstić information content (AvgIpc) is 2.35. The molecule has 0 spiro atoms. The monoisotopic (exact) mass is 290 g/mol. The first kappa shape index (κ1) is 15.1. The molecule has 1 unspecified atom stereocenters. The number of hydrogen-bond acceptors (Lipinski definition) is 2. The number of benzene rings is 1. The highest BCUT2D eigenvalue weighted by Gasteiger charge is 2.47. The molecule has 1 amide bonds. The van der Waals surface area contributed by atoms with E-state index in [1.165, 1.54) is 5.69 Å². The number of carbonyl (C=O) groups excluding carboxylic acids is 1. The van der Waals surface area contributed by atoms with Crippen molar-refractivity contribution in [1.29, 1.82) is 0 Å². The average molecular weight is 290 g/mol. The Hall–Kier alpha value is -1.29. The highest BCUT2D eigenvalue weighted by atomic mass is 28.3. The Morgan fingerprint density at radius 1 is 1.25 bits per heavy atom. The summed E-state index contributed by atoms with van der Waals surface area (Å²) in [5, 5.41) is 3.26. The lowest BCUT2D eigenvalue weighted by atomic mass is 10.1. The Balaban J connectivity index is 2.60. The zero-order valence-corrected chi connectivity index (χ0v) is 14.4. The van der Waals surface area contributed by atoms with Gasteiger partial charge in [0.1, 0.15) is 6.04 Å². The van der Waals surface area contributed by atoms with Gasteiger partial charge in [0.05, 0.1) is 11.4 Å². The van der Waals surface area contributed by atoms with Crippen molar-refractivity contribution in [3.05, 3.63) is 24.3 Å². The lowest BCUT2D eigenvalue weighted by Crippen LogP contribution is -2.63. The van der Waals surface area contributed by atoms with Crippen LogP contribution in [0.15, 0.2) is 24.3 Å². The molecule has 0 aliphatic carbocycles. The molecule has 1 aromatic rings. The van der Waals surface area contributed by atoms with Gasteiger partial charge in [0.25, 0.3) is 0 Å². The Morgan fingerprint density at radius 2 is 1.85 bits per heavy atom. The first-order chi connectivity index (χ1) is 9.20. The maximum atomic E-state index is 12.4. The molecular formula is C16H26N2OSi. The van der Waals surface area contributed by atoms with Crippen LogP contribution in [-0.4, -0.2) is 20.2 Å². The highest BCUT2D eigenvalue weighted by Crippen LogP contribution is 2.45. The molecule has 0 saturated heterocycles. The lowest BCUT2D eigenvalue weighted by Gasteiger charge is -2.52. The van der Waals surface area contributed by atoms with Crippen LogP contribution >= 0.6 is 0 Å². The normalized spacial score (nSPS) is 19.6. The predicted octanol–water partition coefficient (Wildman–Crippen LogP) is 4.23. The molecule has 1 aromatic carbocycles. The second-order valence-electron chi connectivity index (χ2n) is 7.11. The number of hydrogen-bond donors (Lipinski definition) is 1. The van der Waals surface area contributed by atoms with E-state index in [9.17, 15) is 4.79 Å². The third-order valence-electron chi connectivity index (χ3n) is 4.86. The maximum absolute atomic E-state index is 12.4. The van der Waals surface area contributed by atoms with Crippen LogP contribution in [0.3, 0.4) is 0 Å². The summed E-state index contributed by atoms with van der Waals surface area (Å²) < 4.78 is 2.45. The van der Waals surface area contributed by atoms with Gasteiger partial charge < -0.3 is 9.88 Å². The summed E-state index contributed by atoms with van der Waals surface area (Å²) in [6, 6.07) is 8.13. The van der Waals surface area contributed by atoms with Crippen molar-refractivity contribution < 1.29 is 4.79 Å². The minimum atomic E-state index is -1.81. The zero-order chi connectivity index (χ0) is 15.1. The van der Waals surface area contributed by atoms with Gasteiger partial charge in [0.2, 0.25) is 5.91 Å². The molecule has 2 rings (SSSR count). The van der Waals surface area contributed by atoms with E-state index in [1.54, 1.807) is 0 Å². The number of anilines is 2. The van der Waals surface area contributed by atoms with Crippen molar-refractivity contribution in [3.8, 4) is 0 Å². The third kappa shape index (κ3) is 2.26. The van der Waals surface area contributed by atoms with Crippen molar-refractivity contribution >= 4 is 25.5 Å². The maximum Gasteiger partial charge on any atom is 0.246 e. The summed E-state index contributed by atoms with van der Waals surface area (Å²) in [6.07, 6.45) is 0.840. The van der Waals surface area contributed by atoms with Crippen LogP contribution < -0.4 is 9.88 Å². The van der Waals surface area contributed by atoms with Gasteiger partial charge in [0.15, 0.2) is 8.24 Å². The molecule has 0 bridgehead atoms. The number of rotatable bonds is 2. The van der Waals surface area contributed by atoms with Gasteiger partial charge in [-0.2, -0.15) is 0 Å². The van der Waals surface area contributed by atoms with E-state index in [0.29, 0.717) is 0 Å². The van der Waals surface area contributed by atoms with Gasteiger partial charge in [-0.1, -0.05) is 52.9 Å². The first-order valence-electron chi connectivity index (χ1n) is 7.39. The van der Waals surface area contributed by atoms with Gasteiger partial charge in [-0.25, -0.2) is 0 Å². The molecule has 1 N–H and O–H groups in total. The molecule has 110 valence electrons. The summed E-state index contributed by atoms with van der Waals surface area (Å²) >= 11 is 0. The topological polar surface area (TPSA) is 32.3 Å². The molecule has 20 heavy (non-hydrogen) atoms. The van der Waals surface area contributed by atoms with Crippen molar-refractivity contribution in [2.24, 2.45) is 0 Å². The molecule has 1 aliphatic rings. The molecule has 1 aliphatic heterocycles. The van der Waals surface area contributed by atoms with Gasteiger partial charge in [-0.15, -0.1) is 0 Å². The molecule has 1 heterocycles. The fourth-order valence-electron chi connectivity index (χ4n) is 2.71. The van der Waals surface area contributed by atoms with Crippen LogP contribution in [0.1, 0.15) is 34.1 Å². The number of fused-ring (bicyclic) bond motifs is 1. The van der Waals surface area contributed by atoms with E-state index in [4.69, 9.17) is 0 Å². The largest absolute Gasteiger partial charge is 0.385 e. The van der Waals surface area contributed by atoms with Gasteiger partial charge in [0, 0.05) is 0 Å². The summed E-state index contributed by atoms with van der Waals surface area (Å²) in [5.41, 5.74) is 2.14. The van der Waals surface area contributed by atoms with Crippen LogP contribution in [0.2, 0.25) is 18.1 Å². The van der Waals surface area contributed by atoms with Gasteiger partial charge in [-0.05, 0) is 23.6 Å². The Kier molecular flexibility index (Phi) is 3.71. The van der Waals surface area contributed by atoms with Crippen molar-refractivity contribution in [1.82, 2.24) is 0 Å². The second-order valence-corrected chi connectivity index (χ2v) is 12.2. The minimum Gasteiger partial charge on any atom is -0.385 e. The van der Waals surface area contributed by atoms with E-state index >= 15 is 0 Å². The molecule has 0 saturated carbocycles. The number of nitrogens with zero attached hydrogens (tertiary/aromatic N) is 1. The minimum absolute atomic E-state index is 0.0502. The molecule has 1 atom stereocenters. The predicted molar refractivity (Wildman–Crippen MR) is 88.8 cm³/mol. The van der Waals surface area contributed by atoms with Crippen molar-refractivity contribution in [3.63, 3.8) is 0 Å². The van der Waals surface area contributed by atoms with Crippen LogP contribution in [0.25, 0.3) is 0 Å². The van der Waals surface area contributed by atoms with Gasteiger partial charge >= 0.3 is 0 Å². The van der Waals surface area contributed by atoms with E-state index in [0.717, 1.165) is 12.1 Å². The molecule has 0 fully saturated rings. The van der Waals surface area contributed by atoms with E-state index in [2.05, 4.69) is 62.8 Å². The van der Waals surface area contributed by atoms with Crippen LogP contribution in [-0.2, 0) is 4.79 Å². The third-order valence-corrected chi connectivity index (χ3v) is 10.3. The Bertz CT molecular complexity index is 519.